The standard InChI is InChI=1S/C18H27N5O.HI/c1-4-19-18(22-14-16-8-7-11-24-16)21-13-15-9-10-17(20-12-15)23(5-2)6-3;/h7-12H,4-6,13-14H2,1-3H3,(H2,19,21,22);1H. The van der Waals surface area contributed by atoms with E-state index in [0.29, 0.717) is 13.1 Å². The Morgan fingerprint density at radius 1 is 1.16 bits per heavy atom. The Bertz CT molecular complexity index is 609. The zero-order valence-electron chi connectivity index (χ0n) is 15.2. The van der Waals surface area contributed by atoms with Crippen molar-refractivity contribution in [1.82, 2.24) is 15.6 Å². The molecule has 0 amide bonds. The number of aliphatic imine (C=N–C) groups is 1. The van der Waals surface area contributed by atoms with Crippen LogP contribution in [-0.4, -0.2) is 30.6 Å². The van der Waals surface area contributed by atoms with Crippen molar-refractivity contribution in [1.29, 1.82) is 0 Å². The second kappa shape index (κ2) is 11.7. The first-order valence-electron chi connectivity index (χ1n) is 8.51. The Balaban J connectivity index is 0.00000312. The molecule has 0 aromatic carbocycles. The Morgan fingerprint density at radius 3 is 2.52 bits per heavy atom. The Kier molecular flexibility index (Phi) is 9.98. The molecule has 2 N–H and O–H groups in total. The molecule has 2 heterocycles. The Hall–Kier alpha value is -1.77. The van der Waals surface area contributed by atoms with Crippen molar-refractivity contribution in [2.24, 2.45) is 4.99 Å². The molecule has 25 heavy (non-hydrogen) atoms. The third kappa shape index (κ3) is 6.93. The number of aromatic nitrogens is 1. The van der Waals surface area contributed by atoms with Crippen LogP contribution in [-0.2, 0) is 13.1 Å². The largest absolute Gasteiger partial charge is 0.467 e. The van der Waals surface area contributed by atoms with E-state index in [9.17, 15) is 0 Å². The average Bonchev–Trinajstić information content (AvgIpc) is 3.13. The predicted molar refractivity (Wildman–Crippen MR) is 114 cm³/mol. The maximum Gasteiger partial charge on any atom is 0.191 e. The molecule has 0 saturated heterocycles. The number of anilines is 1. The number of nitrogens with zero attached hydrogens (tertiary/aromatic N) is 3. The molecule has 2 aromatic rings. The molecule has 0 saturated carbocycles. The van der Waals surface area contributed by atoms with Crippen molar-refractivity contribution < 1.29 is 4.42 Å². The summed E-state index contributed by atoms with van der Waals surface area (Å²) in [6.07, 6.45) is 3.57. The highest BCUT2D eigenvalue weighted by Gasteiger charge is 2.04. The molecular weight excluding hydrogens is 429 g/mol. The van der Waals surface area contributed by atoms with E-state index in [1.54, 1.807) is 6.26 Å². The lowest BCUT2D eigenvalue weighted by molar-refractivity contribution is 0.501. The van der Waals surface area contributed by atoms with Gasteiger partial charge in [-0.05, 0) is 44.5 Å². The van der Waals surface area contributed by atoms with Crippen LogP contribution in [0, 0.1) is 0 Å². The zero-order valence-corrected chi connectivity index (χ0v) is 17.5. The number of guanidine groups is 1. The molecule has 0 unspecified atom stereocenters. The number of hydrogen-bond acceptors (Lipinski definition) is 4. The van der Waals surface area contributed by atoms with Crippen LogP contribution in [0.3, 0.4) is 0 Å². The SMILES string of the molecule is CCNC(=NCc1ccc(N(CC)CC)nc1)NCc1ccco1.I. The summed E-state index contributed by atoms with van der Waals surface area (Å²) in [6.45, 7) is 10.2. The molecule has 0 aliphatic heterocycles. The van der Waals surface area contributed by atoms with Gasteiger partial charge in [-0.2, -0.15) is 0 Å². The van der Waals surface area contributed by atoms with Crippen LogP contribution < -0.4 is 15.5 Å². The highest BCUT2D eigenvalue weighted by Crippen LogP contribution is 2.11. The highest BCUT2D eigenvalue weighted by atomic mass is 127. The van der Waals surface area contributed by atoms with Gasteiger partial charge in [0, 0.05) is 25.8 Å². The molecule has 7 heteroatoms. The number of hydrogen-bond donors (Lipinski definition) is 2. The maximum absolute atomic E-state index is 5.32. The molecule has 0 spiro atoms. The van der Waals surface area contributed by atoms with E-state index in [1.807, 2.05) is 25.3 Å². The van der Waals surface area contributed by atoms with E-state index in [2.05, 4.69) is 51.5 Å². The van der Waals surface area contributed by atoms with Gasteiger partial charge < -0.3 is 20.0 Å². The third-order valence-corrected chi connectivity index (χ3v) is 3.67. The minimum atomic E-state index is 0. The second-order valence-corrected chi connectivity index (χ2v) is 5.33. The quantitative estimate of drug-likeness (QED) is 0.362. The topological polar surface area (TPSA) is 65.7 Å². The van der Waals surface area contributed by atoms with Crippen molar-refractivity contribution in [3.63, 3.8) is 0 Å². The molecule has 0 aliphatic rings. The van der Waals surface area contributed by atoms with Gasteiger partial charge in [-0.25, -0.2) is 9.98 Å². The lowest BCUT2D eigenvalue weighted by Crippen LogP contribution is -2.36. The molecule has 2 rings (SSSR count). The first-order valence-corrected chi connectivity index (χ1v) is 8.51. The van der Waals surface area contributed by atoms with Crippen molar-refractivity contribution in [2.75, 3.05) is 24.5 Å². The molecule has 2 aromatic heterocycles. The first-order chi connectivity index (χ1) is 11.8. The van der Waals surface area contributed by atoms with E-state index in [1.165, 1.54) is 0 Å². The summed E-state index contributed by atoms with van der Waals surface area (Å²) in [7, 11) is 0. The second-order valence-electron chi connectivity index (χ2n) is 5.33. The Morgan fingerprint density at radius 2 is 1.96 bits per heavy atom. The van der Waals surface area contributed by atoms with Crippen LogP contribution in [0.25, 0.3) is 0 Å². The van der Waals surface area contributed by atoms with E-state index in [-0.39, 0.29) is 24.0 Å². The summed E-state index contributed by atoms with van der Waals surface area (Å²) in [5.41, 5.74) is 1.08. The van der Waals surface area contributed by atoms with Crippen LogP contribution >= 0.6 is 24.0 Å². The van der Waals surface area contributed by atoms with E-state index in [4.69, 9.17) is 4.42 Å². The third-order valence-electron chi connectivity index (χ3n) is 3.67. The fourth-order valence-corrected chi connectivity index (χ4v) is 2.34. The van der Waals surface area contributed by atoms with Crippen molar-refractivity contribution in [3.05, 3.63) is 48.0 Å². The molecule has 0 bridgehead atoms. The fourth-order valence-electron chi connectivity index (χ4n) is 2.34. The highest BCUT2D eigenvalue weighted by molar-refractivity contribution is 14.0. The van der Waals surface area contributed by atoms with Crippen LogP contribution in [0.5, 0.6) is 0 Å². The first kappa shape index (κ1) is 21.3. The van der Waals surface area contributed by atoms with Gasteiger partial charge >= 0.3 is 0 Å². The minimum Gasteiger partial charge on any atom is -0.467 e. The molecule has 0 fully saturated rings. The molecule has 0 atom stereocenters. The lowest BCUT2D eigenvalue weighted by Gasteiger charge is -2.19. The van der Waals surface area contributed by atoms with Crippen LogP contribution in [0.15, 0.2) is 46.1 Å². The average molecular weight is 457 g/mol. The summed E-state index contributed by atoms with van der Waals surface area (Å²) in [5.74, 6) is 2.66. The van der Waals surface area contributed by atoms with Crippen molar-refractivity contribution >= 4 is 35.8 Å². The Labute approximate surface area is 167 Å². The summed E-state index contributed by atoms with van der Waals surface area (Å²) >= 11 is 0. The van der Waals surface area contributed by atoms with Gasteiger partial charge in [0.15, 0.2) is 5.96 Å². The fraction of sp³-hybridized carbons (Fsp3) is 0.444. The van der Waals surface area contributed by atoms with Gasteiger partial charge in [0.1, 0.15) is 11.6 Å². The molecule has 0 radical (unpaired) electrons. The van der Waals surface area contributed by atoms with Crippen molar-refractivity contribution in [2.45, 2.75) is 33.9 Å². The van der Waals surface area contributed by atoms with E-state index >= 15 is 0 Å². The number of pyridine rings is 1. The normalized spacial score (nSPS) is 10.9. The summed E-state index contributed by atoms with van der Waals surface area (Å²) in [6, 6.07) is 7.96. The summed E-state index contributed by atoms with van der Waals surface area (Å²) < 4.78 is 5.32. The molecule has 6 nitrogen and oxygen atoms in total. The van der Waals surface area contributed by atoms with E-state index in [0.717, 1.165) is 42.7 Å². The number of furan rings is 1. The van der Waals surface area contributed by atoms with Gasteiger partial charge in [0.25, 0.3) is 0 Å². The molecular formula is C18H28IN5O. The maximum atomic E-state index is 5.32. The van der Waals surface area contributed by atoms with Gasteiger partial charge in [0.05, 0.1) is 19.4 Å². The van der Waals surface area contributed by atoms with Gasteiger partial charge in [0.2, 0.25) is 0 Å². The van der Waals surface area contributed by atoms with Crippen molar-refractivity contribution in [3.8, 4) is 0 Å². The summed E-state index contributed by atoms with van der Waals surface area (Å²) in [4.78, 5) is 11.4. The van der Waals surface area contributed by atoms with Crippen LogP contribution in [0.1, 0.15) is 32.1 Å². The number of halogens is 1. The zero-order chi connectivity index (χ0) is 17.2. The minimum absolute atomic E-state index is 0. The monoisotopic (exact) mass is 457 g/mol. The van der Waals surface area contributed by atoms with Gasteiger partial charge in [-0.3, -0.25) is 0 Å². The van der Waals surface area contributed by atoms with Crippen LogP contribution in [0.2, 0.25) is 0 Å². The number of rotatable bonds is 8. The smallest absolute Gasteiger partial charge is 0.191 e. The number of nitrogens with one attached hydrogen (secondary N) is 2. The van der Waals surface area contributed by atoms with E-state index < -0.39 is 0 Å². The van der Waals surface area contributed by atoms with Gasteiger partial charge in [-0.15, -0.1) is 24.0 Å². The van der Waals surface area contributed by atoms with Gasteiger partial charge in [-0.1, -0.05) is 6.07 Å². The molecule has 138 valence electrons. The van der Waals surface area contributed by atoms with Crippen LogP contribution in [0.4, 0.5) is 5.82 Å². The predicted octanol–water partition coefficient (Wildman–Crippen LogP) is 3.39. The molecule has 0 aliphatic carbocycles. The lowest BCUT2D eigenvalue weighted by atomic mass is 10.3. The summed E-state index contributed by atoms with van der Waals surface area (Å²) in [5, 5.41) is 6.49.